The highest BCUT2D eigenvalue weighted by atomic mass is 35.5. The van der Waals surface area contributed by atoms with Gasteiger partial charge in [-0.05, 0) is 23.8 Å². The van der Waals surface area contributed by atoms with E-state index in [-0.39, 0.29) is 17.3 Å². The predicted octanol–water partition coefficient (Wildman–Crippen LogP) is 3.53. The number of hydrogen-bond donors (Lipinski definition) is 1. The van der Waals surface area contributed by atoms with Gasteiger partial charge in [-0.15, -0.1) is 0 Å². The number of carbonyl (C=O) groups is 1. The summed E-state index contributed by atoms with van der Waals surface area (Å²) in [5.41, 5.74) is 0.841. The minimum atomic E-state index is -0.387. The average Bonchev–Trinajstić information content (AvgIpc) is 2.74. The molecule has 1 heterocycles. The third kappa shape index (κ3) is 2.77. The van der Waals surface area contributed by atoms with E-state index in [0.29, 0.717) is 5.02 Å². The van der Waals surface area contributed by atoms with Crippen molar-refractivity contribution >= 4 is 23.5 Å². The van der Waals surface area contributed by atoms with Gasteiger partial charge in [-0.25, -0.2) is 0 Å². The molecule has 0 fully saturated rings. The first kappa shape index (κ1) is 11.5. The molecule has 17 heavy (non-hydrogen) atoms. The number of ketones is 1. The van der Waals surface area contributed by atoms with E-state index in [2.05, 4.69) is 0 Å². The molecule has 86 valence electrons. The minimum absolute atomic E-state index is 0.0600. The van der Waals surface area contributed by atoms with Crippen LogP contribution in [0.3, 0.4) is 0 Å². The van der Waals surface area contributed by atoms with Gasteiger partial charge in [0.15, 0.2) is 5.75 Å². The number of hydrogen-bond acceptors (Lipinski definition) is 3. The van der Waals surface area contributed by atoms with Crippen molar-refractivity contribution in [1.29, 1.82) is 0 Å². The van der Waals surface area contributed by atoms with Gasteiger partial charge in [0.2, 0.25) is 11.5 Å². The second kappa shape index (κ2) is 4.89. The molecule has 0 aliphatic rings. The van der Waals surface area contributed by atoms with Gasteiger partial charge in [-0.3, -0.25) is 4.79 Å². The Balaban J connectivity index is 2.14. The molecule has 2 rings (SSSR count). The van der Waals surface area contributed by atoms with E-state index in [4.69, 9.17) is 16.0 Å². The number of halogens is 1. The number of aromatic hydroxyl groups is 1. The standard InChI is InChI=1S/C13H9ClO3/c14-10-4-1-9(2-5-10)3-6-11(15)13-12(16)7-8-17-13/h1-8,16H/b6-3-. The van der Waals surface area contributed by atoms with Crippen LogP contribution in [-0.4, -0.2) is 10.9 Å². The Labute approximate surface area is 103 Å². The van der Waals surface area contributed by atoms with E-state index in [1.165, 1.54) is 18.4 Å². The summed E-state index contributed by atoms with van der Waals surface area (Å²) in [7, 11) is 0. The van der Waals surface area contributed by atoms with Gasteiger partial charge < -0.3 is 9.52 Å². The van der Waals surface area contributed by atoms with E-state index >= 15 is 0 Å². The lowest BCUT2D eigenvalue weighted by Crippen LogP contribution is -1.91. The maximum Gasteiger partial charge on any atom is 0.224 e. The van der Waals surface area contributed by atoms with Crippen molar-refractivity contribution in [1.82, 2.24) is 0 Å². The fourth-order valence-corrected chi connectivity index (χ4v) is 1.43. The molecule has 0 atom stereocenters. The van der Waals surface area contributed by atoms with Crippen molar-refractivity contribution in [2.45, 2.75) is 0 Å². The van der Waals surface area contributed by atoms with Gasteiger partial charge >= 0.3 is 0 Å². The summed E-state index contributed by atoms with van der Waals surface area (Å²) in [6.07, 6.45) is 4.22. The van der Waals surface area contributed by atoms with Crippen molar-refractivity contribution in [2.75, 3.05) is 0 Å². The van der Waals surface area contributed by atoms with Crippen LogP contribution in [0.25, 0.3) is 6.08 Å². The SMILES string of the molecule is O=C(/C=C\c1ccc(Cl)cc1)c1occc1O. The highest BCUT2D eigenvalue weighted by Gasteiger charge is 2.11. The summed E-state index contributed by atoms with van der Waals surface area (Å²) < 4.78 is 4.86. The van der Waals surface area contributed by atoms with Crippen LogP contribution in [0.2, 0.25) is 5.02 Å². The van der Waals surface area contributed by atoms with Crippen molar-refractivity contribution in [2.24, 2.45) is 0 Å². The molecule has 0 aliphatic heterocycles. The fourth-order valence-electron chi connectivity index (χ4n) is 1.31. The molecular weight excluding hydrogens is 240 g/mol. The second-order valence-electron chi connectivity index (χ2n) is 3.38. The van der Waals surface area contributed by atoms with Gasteiger partial charge in [0, 0.05) is 11.1 Å². The van der Waals surface area contributed by atoms with Crippen molar-refractivity contribution in [3.05, 3.63) is 59.0 Å². The maximum absolute atomic E-state index is 11.6. The quantitative estimate of drug-likeness (QED) is 0.668. The third-order valence-electron chi connectivity index (χ3n) is 2.17. The van der Waals surface area contributed by atoms with Crippen LogP contribution in [0, 0.1) is 0 Å². The Morgan fingerprint density at radius 3 is 2.53 bits per heavy atom. The van der Waals surface area contributed by atoms with E-state index in [1.54, 1.807) is 30.3 Å². The zero-order valence-electron chi connectivity index (χ0n) is 8.76. The van der Waals surface area contributed by atoms with Crippen LogP contribution >= 0.6 is 11.6 Å². The van der Waals surface area contributed by atoms with Crippen LogP contribution in [0.4, 0.5) is 0 Å². The summed E-state index contributed by atoms with van der Waals surface area (Å²) in [4.78, 5) is 11.6. The Morgan fingerprint density at radius 1 is 1.24 bits per heavy atom. The topological polar surface area (TPSA) is 50.4 Å². The molecule has 0 bridgehead atoms. The number of carbonyl (C=O) groups excluding carboxylic acids is 1. The van der Waals surface area contributed by atoms with E-state index in [1.807, 2.05) is 0 Å². The largest absolute Gasteiger partial charge is 0.504 e. The van der Waals surface area contributed by atoms with Gasteiger partial charge in [-0.1, -0.05) is 29.8 Å². The summed E-state index contributed by atoms with van der Waals surface area (Å²) in [5, 5.41) is 9.92. The molecule has 4 heteroatoms. The molecule has 0 aliphatic carbocycles. The van der Waals surface area contributed by atoms with Gasteiger partial charge in [0.25, 0.3) is 0 Å². The Morgan fingerprint density at radius 2 is 1.94 bits per heavy atom. The van der Waals surface area contributed by atoms with Crippen LogP contribution < -0.4 is 0 Å². The summed E-state index contributed by atoms with van der Waals surface area (Å²) in [6.45, 7) is 0. The monoisotopic (exact) mass is 248 g/mol. The number of allylic oxidation sites excluding steroid dienone is 1. The first-order valence-electron chi connectivity index (χ1n) is 4.91. The number of rotatable bonds is 3. The number of furan rings is 1. The second-order valence-corrected chi connectivity index (χ2v) is 3.82. The first-order chi connectivity index (χ1) is 8.16. The highest BCUT2D eigenvalue weighted by molar-refractivity contribution is 6.30. The third-order valence-corrected chi connectivity index (χ3v) is 2.42. The number of benzene rings is 1. The molecule has 1 N–H and O–H groups in total. The first-order valence-corrected chi connectivity index (χ1v) is 5.29. The molecule has 0 unspecified atom stereocenters. The Bertz CT molecular complexity index is 552. The van der Waals surface area contributed by atoms with E-state index in [0.717, 1.165) is 5.56 Å². The molecule has 0 saturated carbocycles. The predicted molar refractivity (Wildman–Crippen MR) is 65.2 cm³/mol. The van der Waals surface area contributed by atoms with Gasteiger partial charge in [-0.2, -0.15) is 0 Å². The Kier molecular flexibility index (Phi) is 3.30. The van der Waals surface area contributed by atoms with Crippen LogP contribution in [0.5, 0.6) is 5.75 Å². The summed E-state index contributed by atoms with van der Waals surface area (Å²) >= 11 is 5.74. The minimum Gasteiger partial charge on any atom is -0.504 e. The molecule has 0 amide bonds. The van der Waals surface area contributed by atoms with Gasteiger partial charge in [0.1, 0.15) is 0 Å². The zero-order chi connectivity index (χ0) is 12.3. The smallest absolute Gasteiger partial charge is 0.224 e. The lowest BCUT2D eigenvalue weighted by molar-refractivity contribution is 0.101. The summed E-state index contributed by atoms with van der Waals surface area (Å²) in [5.74, 6) is -0.603. The van der Waals surface area contributed by atoms with Crippen molar-refractivity contribution < 1.29 is 14.3 Å². The Hall–Kier alpha value is -2.00. The molecule has 0 radical (unpaired) electrons. The van der Waals surface area contributed by atoms with Crippen LogP contribution in [0.15, 0.2) is 47.1 Å². The summed E-state index contributed by atoms with van der Waals surface area (Å²) in [6, 6.07) is 8.36. The highest BCUT2D eigenvalue weighted by Crippen LogP contribution is 2.19. The normalized spacial score (nSPS) is 10.9. The van der Waals surface area contributed by atoms with E-state index < -0.39 is 0 Å². The maximum atomic E-state index is 11.6. The molecule has 1 aromatic carbocycles. The molecular formula is C13H9ClO3. The van der Waals surface area contributed by atoms with Crippen LogP contribution in [0.1, 0.15) is 16.1 Å². The lowest BCUT2D eigenvalue weighted by atomic mass is 10.2. The average molecular weight is 249 g/mol. The lowest BCUT2D eigenvalue weighted by Gasteiger charge is -1.93. The molecule has 0 saturated heterocycles. The van der Waals surface area contributed by atoms with Gasteiger partial charge in [0.05, 0.1) is 6.26 Å². The zero-order valence-corrected chi connectivity index (χ0v) is 9.52. The molecule has 0 spiro atoms. The van der Waals surface area contributed by atoms with Crippen molar-refractivity contribution in [3.8, 4) is 5.75 Å². The fraction of sp³-hybridized carbons (Fsp3) is 0. The van der Waals surface area contributed by atoms with E-state index in [9.17, 15) is 9.90 Å². The van der Waals surface area contributed by atoms with Crippen molar-refractivity contribution in [3.63, 3.8) is 0 Å². The molecule has 3 nitrogen and oxygen atoms in total. The van der Waals surface area contributed by atoms with Crippen LogP contribution in [-0.2, 0) is 0 Å². The molecule has 1 aromatic heterocycles. The molecule has 2 aromatic rings.